The zero-order chi connectivity index (χ0) is 13.0. The lowest BCUT2D eigenvalue weighted by molar-refractivity contribution is -0.127. The van der Waals surface area contributed by atoms with Gasteiger partial charge in [-0.25, -0.2) is 0 Å². The van der Waals surface area contributed by atoms with Gasteiger partial charge in [0.25, 0.3) is 0 Å². The summed E-state index contributed by atoms with van der Waals surface area (Å²) in [5, 5.41) is 9.58. The Bertz CT molecular complexity index is 455. The number of nitrogens with zero attached hydrogens (tertiary/aromatic N) is 1. The van der Waals surface area contributed by atoms with Crippen LogP contribution in [0.25, 0.3) is 6.08 Å². The molecule has 18 heavy (non-hydrogen) atoms. The van der Waals surface area contributed by atoms with Gasteiger partial charge in [-0.3, -0.25) is 4.79 Å². The molecule has 0 radical (unpaired) electrons. The van der Waals surface area contributed by atoms with Gasteiger partial charge in [0.1, 0.15) is 0 Å². The fraction of sp³-hybridized carbons (Fsp3) is 0.357. The van der Waals surface area contributed by atoms with Gasteiger partial charge in [-0.05, 0) is 30.5 Å². The van der Waals surface area contributed by atoms with Crippen molar-refractivity contribution >= 4 is 23.6 Å². The highest BCUT2D eigenvalue weighted by molar-refractivity contribution is 6.32. The molecule has 1 saturated carbocycles. The lowest BCUT2D eigenvalue weighted by Gasteiger charge is -2.19. The molecule has 1 aliphatic rings. The van der Waals surface area contributed by atoms with E-state index in [-0.39, 0.29) is 12.5 Å². The van der Waals surface area contributed by atoms with Crippen LogP contribution in [-0.2, 0) is 4.79 Å². The molecular weight excluding hydrogens is 250 g/mol. The summed E-state index contributed by atoms with van der Waals surface area (Å²) >= 11 is 6.01. The van der Waals surface area contributed by atoms with E-state index in [0.717, 1.165) is 18.4 Å². The van der Waals surface area contributed by atoms with E-state index in [2.05, 4.69) is 0 Å². The number of hydrogen-bond acceptors (Lipinski definition) is 2. The van der Waals surface area contributed by atoms with Crippen LogP contribution in [0.1, 0.15) is 18.4 Å². The Kier molecular flexibility index (Phi) is 4.39. The molecule has 0 aromatic heterocycles. The van der Waals surface area contributed by atoms with E-state index in [1.54, 1.807) is 17.0 Å². The zero-order valence-electron chi connectivity index (χ0n) is 10.1. The number of hydrogen-bond donors (Lipinski definition) is 1. The first kappa shape index (κ1) is 13.1. The molecule has 3 nitrogen and oxygen atoms in total. The quantitative estimate of drug-likeness (QED) is 0.830. The topological polar surface area (TPSA) is 40.5 Å². The van der Waals surface area contributed by atoms with Gasteiger partial charge in [-0.2, -0.15) is 0 Å². The van der Waals surface area contributed by atoms with Crippen LogP contribution in [0.5, 0.6) is 0 Å². The Hall–Kier alpha value is -1.32. The molecule has 2 rings (SSSR count). The fourth-order valence-electron chi connectivity index (χ4n) is 1.83. The maximum atomic E-state index is 12.0. The van der Waals surface area contributed by atoms with Crippen LogP contribution in [0.3, 0.4) is 0 Å². The third kappa shape index (κ3) is 3.34. The summed E-state index contributed by atoms with van der Waals surface area (Å²) in [7, 11) is 0. The van der Waals surface area contributed by atoms with Crippen molar-refractivity contribution < 1.29 is 9.90 Å². The van der Waals surface area contributed by atoms with Gasteiger partial charge >= 0.3 is 0 Å². The Morgan fingerprint density at radius 3 is 2.78 bits per heavy atom. The van der Waals surface area contributed by atoms with E-state index in [9.17, 15) is 4.79 Å². The minimum atomic E-state index is -0.0635. The van der Waals surface area contributed by atoms with Crippen molar-refractivity contribution in [3.05, 3.63) is 40.9 Å². The summed E-state index contributed by atoms with van der Waals surface area (Å²) in [5.41, 5.74) is 0.826. The number of aliphatic hydroxyl groups is 1. The van der Waals surface area contributed by atoms with Crippen LogP contribution in [0.4, 0.5) is 0 Å². The molecule has 1 aromatic carbocycles. The standard InChI is InChI=1S/C14H16ClNO2/c15-13-4-2-1-3-11(13)5-8-14(18)16(9-10-17)12-6-7-12/h1-5,8,12,17H,6-7,9-10H2/b8-5+. The summed E-state index contributed by atoms with van der Waals surface area (Å²) in [6, 6.07) is 7.68. The van der Waals surface area contributed by atoms with Crippen molar-refractivity contribution in [2.45, 2.75) is 18.9 Å². The van der Waals surface area contributed by atoms with E-state index >= 15 is 0 Å². The Morgan fingerprint density at radius 2 is 2.17 bits per heavy atom. The van der Waals surface area contributed by atoms with Gasteiger partial charge in [0.05, 0.1) is 6.61 Å². The molecule has 96 valence electrons. The normalized spacial score (nSPS) is 15.0. The van der Waals surface area contributed by atoms with Crippen molar-refractivity contribution in [3.8, 4) is 0 Å². The number of carbonyl (C=O) groups is 1. The highest BCUT2D eigenvalue weighted by Gasteiger charge is 2.30. The second-order valence-electron chi connectivity index (χ2n) is 4.34. The van der Waals surface area contributed by atoms with Gasteiger partial charge in [-0.15, -0.1) is 0 Å². The molecule has 1 fully saturated rings. The highest BCUT2D eigenvalue weighted by Crippen LogP contribution is 2.27. The van der Waals surface area contributed by atoms with E-state index in [0.29, 0.717) is 17.6 Å². The molecule has 1 aliphatic carbocycles. The molecule has 0 spiro atoms. The van der Waals surface area contributed by atoms with Gasteiger partial charge in [0.15, 0.2) is 0 Å². The first-order chi connectivity index (χ1) is 8.72. The summed E-state index contributed by atoms with van der Waals surface area (Å²) in [6.07, 6.45) is 5.31. The molecule has 0 atom stereocenters. The van der Waals surface area contributed by atoms with Crippen LogP contribution in [0, 0.1) is 0 Å². The highest BCUT2D eigenvalue weighted by atomic mass is 35.5. The zero-order valence-corrected chi connectivity index (χ0v) is 10.8. The smallest absolute Gasteiger partial charge is 0.246 e. The molecule has 0 aliphatic heterocycles. The van der Waals surface area contributed by atoms with Crippen molar-refractivity contribution in [1.82, 2.24) is 4.90 Å². The number of benzene rings is 1. The van der Waals surface area contributed by atoms with Gasteiger partial charge < -0.3 is 10.0 Å². The minimum Gasteiger partial charge on any atom is -0.395 e. The molecule has 0 saturated heterocycles. The number of carbonyl (C=O) groups excluding carboxylic acids is 1. The number of rotatable bonds is 5. The number of amides is 1. The lowest BCUT2D eigenvalue weighted by Crippen LogP contribution is -2.34. The average molecular weight is 266 g/mol. The van der Waals surface area contributed by atoms with Crippen LogP contribution >= 0.6 is 11.6 Å². The average Bonchev–Trinajstić information content (AvgIpc) is 3.19. The Balaban J connectivity index is 2.03. The van der Waals surface area contributed by atoms with E-state index in [1.807, 2.05) is 18.2 Å². The monoisotopic (exact) mass is 265 g/mol. The summed E-state index contributed by atoms with van der Waals surface area (Å²) in [5.74, 6) is -0.0635. The molecule has 1 aromatic rings. The van der Waals surface area contributed by atoms with E-state index in [1.165, 1.54) is 6.08 Å². The van der Waals surface area contributed by atoms with Gasteiger partial charge in [0.2, 0.25) is 5.91 Å². The maximum Gasteiger partial charge on any atom is 0.246 e. The third-order valence-electron chi connectivity index (χ3n) is 2.92. The molecule has 1 N–H and O–H groups in total. The van der Waals surface area contributed by atoms with E-state index in [4.69, 9.17) is 16.7 Å². The molecule has 0 unspecified atom stereocenters. The van der Waals surface area contributed by atoms with E-state index < -0.39 is 0 Å². The second-order valence-corrected chi connectivity index (χ2v) is 4.75. The summed E-state index contributed by atoms with van der Waals surface area (Å²) in [4.78, 5) is 13.7. The van der Waals surface area contributed by atoms with Crippen molar-refractivity contribution in [1.29, 1.82) is 0 Å². The summed E-state index contributed by atoms with van der Waals surface area (Å²) in [6.45, 7) is 0.401. The van der Waals surface area contributed by atoms with Crippen LogP contribution in [-0.4, -0.2) is 35.1 Å². The number of halogens is 1. The third-order valence-corrected chi connectivity index (χ3v) is 3.27. The largest absolute Gasteiger partial charge is 0.395 e. The van der Waals surface area contributed by atoms with Crippen LogP contribution in [0.15, 0.2) is 30.3 Å². The maximum absolute atomic E-state index is 12.0. The molecule has 1 amide bonds. The van der Waals surface area contributed by atoms with Crippen molar-refractivity contribution in [2.24, 2.45) is 0 Å². The number of aliphatic hydroxyl groups excluding tert-OH is 1. The van der Waals surface area contributed by atoms with Crippen molar-refractivity contribution in [2.75, 3.05) is 13.2 Å². The molecule has 4 heteroatoms. The van der Waals surface area contributed by atoms with Crippen LogP contribution in [0.2, 0.25) is 5.02 Å². The minimum absolute atomic E-state index is 0.00216. The molecular formula is C14H16ClNO2. The van der Waals surface area contributed by atoms with Crippen LogP contribution < -0.4 is 0 Å². The van der Waals surface area contributed by atoms with Gasteiger partial charge in [0, 0.05) is 23.7 Å². The SMILES string of the molecule is O=C(/C=C/c1ccccc1Cl)N(CCO)C1CC1. The predicted molar refractivity (Wildman–Crippen MR) is 72.3 cm³/mol. The Labute approximate surface area is 112 Å². The fourth-order valence-corrected chi connectivity index (χ4v) is 2.03. The van der Waals surface area contributed by atoms with Crippen molar-refractivity contribution in [3.63, 3.8) is 0 Å². The molecule has 0 bridgehead atoms. The first-order valence-electron chi connectivity index (χ1n) is 6.06. The van der Waals surface area contributed by atoms with Gasteiger partial charge in [-0.1, -0.05) is 29.8 Å². The second kappa shape index (κ2) is 6.03. The Morgan fingerprint density at radius 1 is 1.44 bits per heavy atom. The summed E-state index contributed by atoms with van der Waals surface area (Å²) < 4.78 is 0. The predicted octanol–water partition coefficient (Wildman–Crippen LogP) is 2.34. The molecule has 0 heterocycles. The first-order valence-corrected chi connectivity index (χ1v) is 6.44. The lowest BCUT2D eigenvalue weighted by atomic mass is 10.2.